The van der Waals surface area contributed by atoms with Gasteiger partial charge in [0.2, 0.25) is 11.8 Å². The fourth-order valence-corrected chi connectivity index (χ4v) is 3.03. The number of carbonyl (C=O) groups excluding carboxylic acids is 2. The summed E-state index contributed by atoms with van der Waals surface area (Å²) in [5, 5.41) is 0. The minimum atomic E-state index is -0.987. The van der Waals surface area contributed by atoms with Crippen LogP contribution in [0.4, 0.5) is 20.2 Å². The van der Waals surface area contributed by atoms with Crippen LogP contribution in [0, 0.1) is 23.5 Å². The van der Waals surface area contributed by atoms with Crippen LogP contribution >= 0.6 is 0 Å². The predicted octanol–water partition coefficient (Wildman–Crippen LogP) is 1.84. The number of benzene rings is 1. The number of hydrogen-bond acceptors (Lipinski definition) is 3. The van der Waals surface area contributed by atoms with Crippen LogP contribution in [0.2, 0.25) is 0 Å². The summed E-state index contributed by atoms with van der Waals surface area (Å²) in [6.45, 7) is 0. The normalized spacial score (nSPS) is 26.1. The first kappa shape index (κ1) is 12.1. The molecule has 1 saturated carbocycles. The van der Waals surface area contributed by atoms with E-state index in [1.165, 1.54) is 0 Å². The van der Waals surface area contributed by atoms with E-state index in [0.717, 1.165) is 17.4 Å². The van der Waals surface area contributed by atoms with Crippen LogP contribution in [0.25, 0.3) is 0 Å². The van der Waals surface area contributed by atoms with Crippen molar-refractivity contribution in [3.8, 4) is 0 Å². The summed E-state index contributed by atoms with van der Waals surface area (Å²) in [5.74, 6) is -3.43. The Hall–Kier alpha value is -1.98. The molecule has 0 bridgehead atoms. The highest BCUT2D eigenvalue weighted by Crippen LogP contribution is 2.43. The van der Waals surface area contributed by atoms with E-state index >= 15 is 0 Å². The summed E-state index contributed by atoms with van der Waals surface area (Å²) in [4.78, 5) is 25.1. The molecule has 2 amide bonds. The molecule has 3 rings (SSSR count). The van der Waals surface area contributed by atoms with Crippen molar-refractivity contribution in [3.05, 3.63) is 23.8 Å². The Morgan fingerprint density at radius 3 is 2.21 bits per heavy atom. The number of halogens is 2. The van der Waals surface area contributed by atoms with Gasteiger partial charge in [0.25, 0.3) is 0 Å². The molecule has 100 valence electrons. The Labute approximate surface area is 108 Å². The van der Waals surface area contributed by atoms with Crippen LogP contribution in [0.15, 0.2) is 12.1 Å². The largest absolute Gasteiger partial charge is 0.397 e. The van der Waals surface area contributed by atoms with Gasteiger partial charge in [-0.1, -0.05) is 6.42 Å². The molecule has 1 aliphatic heterocycles. The highest BCUT2D eigenvalue weighted by molar-refractivity contribution is 6.23. The monoisotopic (exact) mass is 266 g/mol. The van der Waals surface area contributed by atoms with Crippen molar-refractivity contribution >= 4 is 23.2 Å². The van der Waals surface area contributed by atoms with E-state index in [4.69, 9.17) is 5.73 Å². The van der Waals surface area contributed by atoms with Gasteiger partial charge in [-0.25, -0.2) is 13.7 Å². The number of hydrogen-bond donors (Lipinski definition) is 1. The average molecular weight is 266 g/mol. The molecule has 2 N–H and O–H groups in total. The van der Waals surface area contributed by atoms with Gasteiger partial charge in [0.15, 0.2) is 5.82 Å². The molecule has 0 spiro atoms. The van der Waals surface area contributed by atoms with E-state index in [9.17, 15) is 18.4 Å². The Kier molecular flexibility index (Phi) is 2.55. The third-order valence-electron chi connectivity index (χ3n) is 3.87. The van der Waals surface area contributed by atoms with Crippen molar-refractivity contribution in [3.63, 3.8) is 0 Å². The standard InChI is InChI=1S/C13H12F2N2O2/c14-6-4-9(15)11(10(16)5-6)17-12(18)7-2-1-3-8(7)13(17)19/h4-5,7-8H,1-3,16H2. The molecule has 2 aliphatic rings. The molecule has 2 atom stereocenters. The van der Waals surface area contributed by atoms with E-state index in [-0.39, 0.29) is 23.2 Å². The minimum absolute atomic E-state index is 0.237. The quantitative estimate of drug-likeness (QED) is 0.623. The number of nitrogen functional groups attached to an aromatic ring is 1. The van der Waals surface area contributed by atoms with E-state index in [2.05, 4.69) is 0 Å². The van der Waals surface area contributed by atoms with Gasteiger partial charge in [0, 0.05) is 6.07 Å². The number of nitrogens with two attached hydrogens (primary N) is 1. The third kappa shape index (κ3) is 1.63. The number of imide groups is 1. The van der Waals surface area contributed by atoms with Crippen LogP contribution in [0.3, 0.4) is 0 Å². The van der Waals surface area contributed by atoms with Gasteiger partial charge in [-0.2, -0.15) is 0 Å². The lowest BCUT2D eigenvalue weighted by molar-refractivity contribution is -0.122. The smallest absolute Gasteiger partial charge is 0.237 e. The first-order valence-corrected chi connectivity index (χ1v) is 6.13. The molecule has 19 heavy (non-hydrogen) atoms. The Morgan fingerprint density at radius 2 is 1.68 bits per heavy atom. The summed E-state index contributed by atoms with van der Waals surface area (Å²) in [5.41, 5.74) is 5.00. The number of carbonyl (C=O) groups is 2. The van der Waals surface area contributed by atoms with Crippen molar-refractivity contribution in [2.75, 3.05) is 10.6 Å². The van der Waals surface area contributed by atoms with Crippen molar-refractivity contribution in [2.45, 2.75) is 19.3 Å². The van der Waals surface area contributed by atoms with Gasteiger partial charge in [0.1, 0.15) is 11.5 Å². The molecule has 0 aromatic heterocycles. The highest BCUT2D eigenvalue weighted by Gasteiger charge is 2.51. The predicted molar refractivity (Wildman–Crippen MR) is 64.1 cm³/mol. The van der Waals surface area contributed by atoms with Crippen LogP contribution < -0.4 is 10.6 Å². The second-order valence-electron chi connectivity index (χ2n) is 4.98. The molecule has 4 nitrogen and oxygen atoms in total. The lowest BCUT2D eigenvalue weighted by Gasteiger charge is -2.18. The Balaban J connectivity index is 2.08. The minimum Gasteiger partial charge on any atom is -0.397 e. The van der Waals surface area contributed by atoms with Gasteiger partial charge >= 0.3 is 0 Å². The van der Waals surface area contributed by atoms with E-state index in [1.54, 1.807) is 0 Å². The summed E-state index contributed by atoms with van der Waals surface area (Å²) >= 11 is 0. The van der Waals surface area contributed by atoms with Gasteiger partial charge < -0.3 is 5.73 Å². The summed E-state index contributed by atoms with van der Waals surface area (Å²) in [6.07, 6.45) is 2.09. The average Bonchev–Trinajstić information content (AvgIpc) is 2.87. The zero-order valence-electron chi connectivity index (χ0n) is 10.0. The SMILES string of the molecule is Nc1cc(F)cc(F)c1N1C(=O)C2CCCC2C1=O. The molecule has 0 radical (unpaired) electrons. The van der Waals surface area contributed by atoms with E-state index < -0.39 is 23.4 Å². The number of rotatable bonds is 1. The molecular weight excluding hydrogens is 254 g/mol. The van der Waals surface area contributed by atoms with Crippen molar-refractivity contribution in [1.82, 2.24) is 0 Å². The maximum absolute atomic E-state index is 13.8. The molecular formula is C13H12F2N2O2. The topological polar surface area (TPSA) is 63.4 Å². The summed E-state index contributed by atoms with van der Waals surface area (Å²) in [7, 11) is 0. The maximum atomic E-state index is 13.8. The van der Waals surface area contributed by atoms with Gasteiger partial charge in [-0.15, -0.1) is 0 Å². The van der Waals surface area contributed by atoms with Crippen LogP contribution in [-0.2, 0) is 9.59 Å². The lowest BCUT2D eigenvalue weighted by atomic mass is 10.00. The fraction of sp³-hybridized carbons (Fsp3) is 0.385. The second-order valence-corrected chi connectivity index (χ2v) is 4.98. The van der Waals surface area contributed by atoms with E-state index in [0.29, 0.717) is 18.9 Å². The van der Waals surface area contributed by atoms with Crippen molar-refractivity contribution < 1.29 is 18.4 Å². The molecule has 2 fully saturated rings. The van der Waals surface area contributed by atoms with Gasteiger partial charge in [-0.05, 0) is 18.9 Å². The number of anilines is 2. The molecule has 2 unspecified atom stereocenters. The molecule has 1 aliphatic carbocycles. The van der Waals surface area contributed by atoms with Crippen LogP contribution in [0.5, 0.6) is 0 Å². The molecule has 1 aromatic rings. The first-order chi connectivity index (χ1) is 9.00. The molecule has 1 aromatic carbocycles. The van der Waals surface area contributed by atoms with E-state index in [1.807, 2.05) is 0 Å². The number of amides is 2. The fourth-order valence-electron chi connectivity index (χ4n) is 3.03. The molecule has 1 heterocycles. The Morgan fingerprint density at radius 1 is 1.11 bits per heavy atom. The maximum Gasteiger partial charge on any atom is 0.237 e. The first-order valence-electron chi connectivity index (χ1n) is 6.13. The van der Waals surface area contributed by atoms with Gasteiger partial charge in [-0.3, -0.25) is 9.59 Å². The number of nitrogens with zero attached hydrogens (tertiary/aromatic N) is 1. The number of fused-ring (bicyclic) bond motifs is 1. The van der Waals surface area contributed by atoms with Gasteiger partial charge in [0.05, 0.1) is 17.5 Å². The zero-order chi connectivity index (χ0) is 13.7. The second kappa shape index (κ2) is 4.01. The van der Waals surface area contributed by atoms with Crippen molar-refractivity contribution in [2.24, 2.45) is 11.8 Å². The zero-order valence-corrected chi connectivity index (χ0v) is 10.0. The molecule has 1 saturated heterocycles. The van der Waals surface area contributed by atoms with Crippen LogP contribution in [-0.4, -0.2) is 11.8 Å². The van der Waals surface area contributed by atoms with Crippen LogP contribution in [0.1, 0.15) is 19.3 Å². The summed E-state index contributed by atoms with van der Waals surface area (Å²) in [6, 6.07) is 1.54. The van der Waals surface area contributed by atoms with Crippen molar-refractivity contribution in [1.29, 1.82) is 0 Å². The highest BCUT2D eigenvalue weighted by atomic mass is 19.1. The Bertz CT molecular complexity index is 543. The molecule has 6 heteroatoms. The third-order valence-corrected chi connectivity index (χ3v) is 3.87. The summed E-state index contributed by atoms with van der Waals surface area (Å²) < 4.78 is 26.8. The lowest BCUT2D eigenvalue weighted by Crippen LogP contribution is -2.33.